The van der Waals surface area contributed by atoms with Crippen LogP contribution in [0.1, 0.15) is 51.3 Å². The van der Waals surface area contributed by atoms with Crippen LogP contribution in [0.3, 0.4) is 0 Å². The van der Waals surface area contributed by atoms with Gasteiger partial charge in [0.1, 0.15) is 8.24 Å². The normalized spacial score (nSPS) is 16.7. The largest absolute Gasteiger partial charge is 0.332 e. The minimum absolute atomic E-state index is 0. The molecular weight excluding hydrogens is 342 g/mol. The molecule has 0 spiro atoms. The molecule has 1 aromatic rings. The number of allylic oxidation sites excluding steroid dienone is 5. The summed E-state index contributed by atoms with van der Waals surface area (Å²) in [4.78, 5) is 3.87. The Morgan fingerprint density at radius 3 is 2.04 bits per heavy atom. The summed E-state index contributed by atoms with van der Waals surface area (Å²) >= 11 is 0. The van der Waals surface area contributed by atoms with Crippen LogP contribution in [-0.4, -0.2) is 13.8 Å². The van der Waals surface area contributed by atoms with Crippen molar-refractivity contribution in [3.63, 3.8) is 0 Å². The van der Waals surface area contributed by atoms with Crippen LogP contribution in [0.25, 0.3) is 6.08 Å². The van der Waals surface area contributed by atoms with Crippen molar-refractivity contribution >= 4 is 14.3 Å². The molecule has 130 valence electrons. The zero-order valence-electron chi connectivity index (χ0n) is 16.4. The quantitative estimate of drug-likeness (QED) is 0.500. The van der Waals surface area contributed by atoms with E-state index in [-0.39, 0.29) is 27.3 Å². The zero-order chi connectivity index (χ0) is 17.5. The molecule has 0 fully saturated rings. The molecule has 1 unspecified atom stereocenters. The molecule has 0 saturated heterocycles. The van der Waals surface area contributed by atoms with Gasteiger partial charge in [-0.3, -0.25) is 0 Å². The molecule has 1 N–H and O–H groups in total. The van der Waals surface area contributed by atoms with E-state index in [4.69, 9.17) is 0 Å². The first-order valence-corrected chi connectivity index (χ1v) is 11.6. The first-order chi connectivity index (χ1) is 10.7. The molecule has 0 aromatic heterocycles. The number of hydrogen-bond acceptors (Lipinski definition) is 1. The average Bonchev–Trinajstić information content (AvgIpc) is 2.88. The second kappa shape index (κ2) is 10.4. The third kappa shape index (κ3) is 7.48. The molecule has 1 atom stereocenters. The van der Waals surface area contributed by atoms with E-state index >= 15 is 0 Å². The van der Waals surface area contributed by atoms with E-state index in [1.807, 2.05) is 38.2 Å². The van der Waals surface area contributed by atoms with Gasteiger partial charge in [-0.2, -0.15) is 0 Å². The average molecular weight is 375 g/mol. The van der Waals surface area contributed by atoms with Crippen molar-refractivity contribution in [2.45, 2.75) is 58.8 Å². The van der Waals surface area contributed by atoms with Crippen LogP contribution >= 0.6 is 0 Å². The van der Waals surface area contributed by atoms with Gasteiger partial charge in [0.2, 0.25) is 0 Å². The Morgan fingerprint density at radius 1 is 1.00 bits per heavy atom. The van der Waals surface area contributed by atoms with Crippen molar-refractivity contribution in [3.05, 3.63) is 65.8 Å². The summed E-state index contributed by atoms with van der Waals surface area (Å²) in [5, 5.41) is 0. The number of benzene rings is 1. The molecule has 0 radical (unpaired) electrons. The minimum Gasteiger partial charge on any atom is -0.332 e. The van der Waals surface area contributed by atoms with E-state index in [2.05, 4.69) is 75.3 Å². The van der Waals surface area contributed by atoms with Crippen LogP contribution in [0.5, 0.6) is 0 Å². The molecule has 0 amide bonds. The Kier molecular flexibility index (Phi) is 10.1. The first kappa shape index (κ1) is 23.3. The van der Waals surface area contributed by atoms with E-state index in [0.29, 0.717) is 5.54 Å². The predicted molar refractivity (Wildman–Crippen MR) is 108 cm³/mol. The maximum absolute atomic E-state index is 3.87. The summed E-state index contributed by atoms with van der Waals surface area (Å²) in [5.74, 6) is 0. The Balaban J connectivity index is 0.000000655. The van der Waals surface area contributed by atoms with Crippen molar-refractivity contribution in [2.75, 3.05) is 0 Å². The van der Waals surface area contributed by atoms with Crippen LogP contribution in [0, 0.1) is 0 Å². The van der Waals surface area contributed by atoms with Gasteiger partial charge in [-0.15, -0.1) is 0 Å². The summed E-state index contributed by atoms with van der Waals surface area (Å²) in [6.07, 6.45) is 12.7. The van der Waals surface area contributed by atoms with Crippen LogP contribution < -0.4 is 4.98 Å². The van der Waals surface area contributed by atoms with Gasteiger partial charge in [0.05, 0.1) is 0 Å². The molecule has 1 aliphatic carbocycles. The topological polar surface area (TPSA) is 12.0 Å². The molecule has 0 bridgehead atoms. The van der Waals surface area contributed by atoms with E-state index in [1.165, 1.54) is 11.1 Å². The second-order valence-corrected chi connectivity index (χ2v) is 11.9. The van der Waals surface area contributed by atoms with Gasteiger partial charge in [-0.05, 0) is 45.7 Å². The third-order valence-electron chi connectivity index (χ3n) is 3.77. The molecule has 3 heteroatoms. The van der Waals surface area contributed by atoms with Crippen LogP contribution in [0.2, 0.25) is 13.1 Å². The van der Waals surface area contributed by atoms with Gasteiger partial charge in [0.25, 0.3) is 0 Å². The van der Waals surface area contributed by atoms with E-state index in [9.17, 15) is 0 Å². The van der Waals surface area contributed by atoms with Gasteiger partial charge >= 0.3 is 0 Å². The summed E-state index contributed by atoms with van der Waals surface area (Å²) in [5.41, 5.74) is 3.69. The third-order valence-corrected chi connectivity index (χ3v) is 7.22. The molecule has 1 nitrogen and oxygen atoms in total. The van der Waals surface area contributed by atoms with Crippen molar-refractivity contribution in [3.8, 4) is 0 Å². The summed E-state index contributed by atoms with van der Waals surface area (Å²) < 4.78 is 0. The molecular formula is C21H33NSiTi. The van der Waals surface area contributed by atoms with Crippen LogP contribution in [0.15, 0.2) is 54.6 Å². The number of hydrogen-bond donors (Lipinski definition) is 1. The number of nitrogens with one attached hydrogen (secondary N) is 1. The molecule has 24 heavy (non-hydrogen) atoms. The van der Waals surface area contributed by atoms with Gasteiger partial charge in [-0.1, -0.05) is 73.8 Å². The Labute approximate surface area is 165 Å². The predicted octanol–water partition coefficient (Wildman–Crippen LogP) is 6.07. The second-order valence-electron chi connectivity index (χ2n) is 7.61. The summed E-state index contributed by atoms with van der Waals surface area (Å²) in [6.45, 7) is 15.6. The van der Waals surface area contributed by atoms with Crippen molar-refractivity contribution in [1.29, 1.82) is 0 Å². The Bertz CT molecular complexity index is 570. The van der Waals surface area contributed by atoms with Gasteiger partial charge in [0, 0.05) is 32.8 Å². The Morgan fingerprint density at radius 2 is 1.54 bits per heavy atom. The monoisotopic (exact) mass is 375 g/mol. The van der Waals surface area contributed by atoms with E-state index in [0.717, 1.165) is 0 Å². The maximum atomic E-state index is 3.87. The molecule has 1 aromatic carbocycles. The zero-order valence-corrected chi connectivity index (χ0v) is 18.9. The molecule has 0 heterocycles. The fourth-order valence-corrected chi connectivity index (χ4v) is 6.85. The minimum atomic E-state index is -1.49. The molecule has 0 aliphatic heterocycles. The number of fused-ring (bicyclic) bond motifs is 1. The van der Waals surface area contributed by atoms with Crippen molar-refractivity contribution in [1.82, 2.24) is 4.98 Å². The smallest absolute Gasteiger partial charge is 0.131 e. The van der Waals surface area contributed by atoms with Gasteiger partial charge < -0.3 is 4.98 Å². The fraction of sp³-hybridized carbons (Fsp3) is 0.429. The molecule has 0 saturated carbocycles. The van der Waals surface area contributed by atoms with Gasteiger partial charge in [0.15, 0.2) is 0 Å². The standard InChI is InChI=1S/C15H23NSi.C6H10.Ti/c1-15(2,3)16-17(4,5)14-11-10-12-8-6-7-9-13(12)14;1-3-5-6-4-2;/h6-11,14,16H,1-5H3;3-6H,1-2H3;. The first-order valence-electron chi connectivity index (χ1n) is 8.51. The number of rotatable bonds is 3. The SMILES string of the molecule is CC(C)(C)N[Si](C)(C)C1C=Cc2ccccc21.CC=CC=CC.[Ti]. The summed E-state index contributed by atoms with van der Waals surface area (Å²) in [6, 6.07) is 8.77. The molecule has 2 rings (SSSR count). The molecule has 1 aliphatic rings. The van der Waals surface area contributed by atoms with Crippen molar-refractivity contribution in [2.24, 2.45) is 0 Å². The summed E-state index contributed by atoms with van der Waals surface area (Å²) in [7, 11) is -1.49. The maximum Gasteiger partial charge on any atom is 0.131 e. The van der Waals surface area contributed by atoms with Crippen LogP contribution in [-0.2, 0) is 21.7 Å². The Hall–Kier alpha value is -0.669. The van der Waals surface area contributed by atoms with Gasteiger partial charge in [-0.25, -0.2) is 0 Å². The van der Waals surface area contributed by atoms with E-state index < -0.39 is 8.24 Å². The fourth-order valence-electron chi connectivity index (χ4n) is 3.15. The van der Waals surface area contributed by atoms with E-state index in [1.54, 1.807) is 0 Å². The van der Waals surface area contributed by atoms with Crippen LogP contribution in [0.4, 0.5) is 0 Å². The van der Waals surface area contributed by atoms with Crippen molar-refractivity contribution < 1.29 is 21.7 Å².